The molecule has 0 radical (unpaired) electrons. The first-order valence-corrected chi connectivity index (χ1v) is 6.11. The highest BCUT2D eigenvalue weighted by Crippen LogP contribution is 2.13. The fourth-order valence-corrected chi connectivity index (χ4v) is 1.74. The van der Waals surface area contributed by atoms with E-state index < -0.39 is 6.09 Å². The van der Waals surface area contributed by atoms with Crippen molar-refractivity contribution in [2.24, 2.45) is 0 Å². The number of ether oxygens (including phenoxy) is 1. The van der Waals surface area contributed by atoms with E-state index in [-0.39, 0.29) is 5.95 Å². The number of amides is 1. The fourth-order valence-electron chi connectivity index (χ4n) is 1.74. The minimum atomic E-state index is -1.07. The molecule has 0 fully saturated rings. The first-order chi connectivity index (χ1) is 9.70. The van der Waals surface area contributed by atoms with E-state index in [0.717, 1.165) is 16.2 Å². The van der Waals surface area contributed by atoms with Crippen LogP contribution in [-0.2, 0) is 6.42 Å². The number of aromatic nitrogens is 2. The Balaban J connectivity index is 2.04. The summed E-state index contributed by atoms with van der Waals surface area (Å²) < 4.78 is 5.08. The third-order valence-corrected chi connectivity index (χ3v) is 2.81. The molecule has 1 aromatic carbocycles. The molecule has 1 aromatic heterocycles. The minimum Gasteiger partial charge on any atom is -0.497 e. The summed E-state index contributed by atoms with van der Waals surface area (Å²) >= 11 is 0. The molecule has 0 unspecified atom stereocenters. The molecule has 0 spiro atoms. The second kappa shape index (κ2) is 6.51. The van der Waals surface area contributed by atoms with Gasteiger partial charge >= 0.3 is 6.09 Å². The number of benzene rings is 1. The summed E-state index contributed by atoms with van der Waals surface area (Å²) in [6, 6.07) is 9.15. The van der Waals surface area contributed by atoms with E-state index in [1.165, 1.54) is 12.4 Å². The zero-order valence-corrected chi connectivity index (χ0v) is 11.1. The van der Waals surface area contributed by atoms with Crippen molar-refractivity contribution < 1.29 is 14.6 Å². The molecule has 0 atom stereocenters. The fraction of sp³-hybridized carbons (Fsp3) is 0.214. The van der Waals surface area contributed by atoms with Crippen molar-refractivity contribution in [1.82, 2.24) is 9.97 Å². The third-order valence-electron chi connectivity index (χ3n) is 2.81. The van der Waals surface area contributed by atoms with Gasteiger partial charge in [-0.05, 0) is 30.2 Å². The molecular weight excluding hydrogens is 258 g/mol. The number of carboxylic acid groups (broad SMARTS) is 1. The van der Waals surface area contributed by atoms with Crippen molar-refractivity contribution in [2.45, 2.75) is 6.42 Å². The lowest BCUT2D eigenvalue weighted by Crippen LogP contribution is -2.32. The Bertz CT molecular complexity index is 558. The number of hydrogen-bond donors (Lipinski definition) is 1. The van der Waals surface area contributed by atoms with Gasteiger partial charge in [0.25, 0.3) is 0 Å². The molecule has 1 heterocycles. The quantitative estimate of drug-likeness (QED) is 0.904. The Kier molecular flexibility index (Phi) is 4.49. The van der Waals surface area contributed by atoms with E-state index in [2.05, 4.69) is 9.97 Å². The summed E-state index contributed by atoms with van der Waals surface area (Å²) in [5.74, 6) is 0.962. The van der Waals surface area contributed by atoms with Gasteiger partial charge in [-0.25, -0.2) is 19.7 Å². The molecule has 0 saturated heterocycles. The normalized spacial score (nSPS) is 10.1. The third kappa shape index (κ3) is 3.44. The number of rotatable bonds is 5. The Morgan fingerprint density at radius 1 is 1.25 bits per heavy atom. The Hall–Kier alpha value is -2.63. The van der Waals surface area contributed by atoms with Gasteiger partial charge in [0, 0.05) is 18.9 Å². The second-order valence-electron chi connectivity index (χ2n) is 4.08. The summed E-state index contributed by atoms with van der Waals surface area (Å²) in [7, 11) is 1.61. The summed E-state index contributed by atoms with van der Waals surface area (Å²) in [5.41, 5.74) is 1.02. The first-order valence-electron chi connectivity index (χ1n) is 6.11. The maximum absolute atomic E-state index is 11.2. The van der Waals surface area contributed by atoms with Crippen LogP contribution in [0.1, 0.15) is 5.56 Å². The molecule has 1 N–H and O–H groups in total. The summed E-state index contributed by atoms with van der Waals surface area (Å²) in [6.45, 7) is 0.297. The molecule has 0 bridgehead atoms. The predicted octanol–water partition coefficient (Wildman–Crippen LogP) is 2.21. The van der Waals surface area contributed by atoms with Crippen LogP contribution in [0.15, 0.2) is 42.7 Å². The van der Waals surface area contributed by atoms with Gasteiger partial charge in [0.1, 0.15) is 5.75 Å². The van der Waals surface area contributed by atoms with Gasteiger partial charge in [0.2, 0.25) is 5.95 Å². The average molecular weight is 273 g/mol. The molecule has 6 nitrogen and oxygen atoms in total. The van der Waals surface area contributed by atoms with Crippen LogP contribution in [0.2, 0.25) is 0 Å². The molecule has 6 heteroatoms. The average Bonchev–Trinajstić information content (AvgIpc) is 2.49. The van der Waals surface area contributed by atoms with Crippen LogP contribution >= 0.6 is 0 Å². The zero-order chi connectivity index (χ0) is 14.4. The molecule has 20 heavy (non-hydrogen) atoms. The van der Waals surface area contributed by atoms with Crippen LogP contribution < -0.4 is 9.64 Å². The topological polar surface area (TPSA) is 75.5 Å². The van der Waals surface area contributed by atoms with Crippen molar-refractivity contribution in [3.05, 3.63) is 48.3 Å². The molecule has 2 aromatic rings. The van der Waals surface area contributed by atoms with Gasteiger partial charge in [0.15, 0.2) is 0 Å². The van der Waals surface area contributed by atoms with Crippen LogP contribution in [0.25, 0.3) is 0 Å². The van der Waals surface area contributed by atoms with Gasteiger partial charge in [-0.1, -0.05) is 12.1 Å². The lowest BCUT2D eigenvalue weighted by molar-refractivity contribution is 0.201. The molecule has 2 rings (SSSR count). The number of carbonyl (C=O) groups is 1. The number of hydrogen-bond acceptors (Lipinski definition) is 4. The van der Waals surface area contributed by atoms with E-state index in [1.807, 2.05) is 24.3 Å². The van der Waals surface area contributed by atoms with Crippen LogP contribution in [0.5, 0.6) is 5.75 Å². The van der Waals surface area contributed by atoms with Gasteiger partial charge in [-0.3, -0.25) is 0 Å². The molecular formula is C14H15N3O3. The van der Waals surface area contributed by atoms with Crippen molar-refractivity contribution in [3.8, 4) is 5.75 Å². The highest BCUT2D eigenvalue weighted by Gasteiger charge is 2.16. The Morgan fingerprint density at radius 3 is 2.45 bits per heavy atom. The van der Waals surface area contributed by atoms with Crippen molar-refractivity contribution >= 4 is 12.0 Å². The number of nitrogens with zero attached hydrogens (tertiary/aromatic N) is 3. The van der Waals surface area contributed by atoms with Gasteiger partial charge < -0.3 is 9.84 Å². The number of methoxy groups -OCH3 is 1. The van der Waals surface area contributed by atoms with Gasteiger partial charge in [0.05, 0.1) is 7.11 Å². The lowest BCUT2D eigenvalue weighted by atomic mass is 10.1. The van der Waals surface area contributed by atoms with E-state index in [9.17, 15) is 9.90 Å². The number of anilines is 1. The van der Waals surface area contributed by atoms with Crippen molar-refractivity contribution in [1.29, 1.82) is 0 Å². The summed E-state index contributed by atoms with van der Waals surface area (Å²) in [5, 5.41) is 9.21. The minimum absolute atomic E-state index is 0.188. The van der Waals surface area contributed by atoms with E-state index in [0.29, 0.717) is 13.0 Å². The Morgan fingerprint density at radius 2 is 1.90 bits per heavy atom. The van der Waals surface area contributed by atoms with Crippen molar-refractivity contribution in [3.63, 3.8) is 0 Å². The van der Waals surface area contributed by atoms with Gasteiger partial charge in [-0.2, -0.15) is 0 Å². The largest absolute Gasteiger partial charge is 0.497 e. The molecule has 1 amide bonds. The van der Waals surface area contributed by atoms with Crippen LogP contribution in [0.4, 0.5) is 10.7 Å². The SMILES string of the molecule is COc1ccc(CCN(C(=O)O)c2ncccn2)cc1. The van der Waals surface area contributed by atoms with Crippen LogP contribution in [0, 0.1) is 0 Å². The highest BCUT2D eigenvalue weighted by molar-refractivity contribution is 5.83. The predicted molar refractivity (Wildman–Crippen MR) is 74.1 cm³/mol. The van der Waals surface area contributed by atoms with Gasteiger partial charge in [-0.15, -0.1) is 0 Å². The zero-order valence-electron chi connectivity index (χ0n) is 11.1. The Labute approximate surface area is 116 Å². The smallest absolute Gasteiger partial charge is 0.414 e. The lowest BCUT2D eigenvalue weighted by Gasteiger charge is -2.16. The monoisotopic (exact) mass is 273 g/mol. The van der Waals surface area contributed by atoms with Crippen LogP contribution in [-0.4, -0.2) is 34.8 Å². The molecule has 0 aliphatic carbocycles. The van der Waals surface area contributed by atoms with E-state index >= 15 is 0 Å². The van der Waals surface area contributed by atoms with Crippen LogP contribution in [0.3, 0.4) is 0 Å². The standard InChI is InChI=1S/C14H15N3O3/c1-20-12-5-3-11(4-6-12)7-10-17(14(18)19)13-15-8-2-9-16-13/h2-6,8-9H,7,10H2,1H3,(H,18,19). The molecule has 0 aliphatic rings. The van der Waals surface area contributed by atoms with E-state index in [4.69, 9.17) is 4.74 Å². The highest BCUT2D eigenvalue weighted by atomic mass is 16.5. The van der Waals surface area contributed by atoms with Crippen molar-refractivity contribution in [2.75, 3.05) is 18.6 Å². The maximum Gasteiger partial charge on any atom is 0.414 e. The summed E-state index contributed by atoms with van der Waals surface area (Å²) in [6.07, 6.45) is 2.55. The molecule has 0 saturated carbocycles. The molecule has 0 aliphatic heterocycles. The maximum atomic E-state index is 11.2. The second-order valence-corrected chi connectivity index (χ2v) is 4.08. The molecule has 104 valence electrons. The van der Waals surface area contributed by atoms with E-state index in [1.54, 1.807) is 13.2 Å². The summed E-state index contributed by atoms with van der Waals surface area (Å²) in [4.78, 5) is 20.3. The first kappa shape index (κ1) is 13.8.